The molecule has 0 atom stereocenters. The second-order valence-electron chi connectivity index (χ2n) is 3.09. The van der Waals surface area contributed by atoms with Gasteiger partial charge in [0.15, 0.2) is 0 Å². The highest BCUT2D eigenvalue weighted by atomic mass is 35.5. The summed E-state index contributed by atoms with van der Waals surface area (Å²) in [5.41, 5.74) is 0.740. The van der Waals surface area contributed by atoms with Crippen molar-refractivity contribution in [3.8, 4) is 0 Å². The van der Waals surface area contributed by atoms with Crippen LogP contribution in [0.2, 0.25) is 10.0 Å². The molecule has 0 radical (unpaired) electrons. The highest BCUT2D eigenvalue weighted by Gasteiger charge is 2.11. The highest BCUT2D eigenvalue weighted by Crippen LogP contribution is 2.35. The van der Waals surface area contributed by atoms with Gasteiger partial charge in [-0.1, -0.05) is 23.2 Å². The first kappa shape index (κ1) is 10.7. The van der Waals surface area contributed by atoms with Gasteiger partial charge in [0, 0.05) is 15.1 Å². The Bertz CT molecular complexity index is 533. The Hall–Kier alpha value is -0.770. The number of rotatable bonds is 2. The fraction of sp³-hybridized carbons (Fsp3) is 0.100. The van der Waals surface area contributed by atoms with Crippen molar-refractivity contribution in [1.82, 2.24) is 0 Å². The zero-order valence-electron chi connectivity index (χ0n) is 7.46. The van der Waals surface area contributed by atoms with Gasteiger partial charge >= 0.3 is 5.97 Å². The molecule has 0 aliphatic heterocycles. The number of hydrogen-bond donors (Lipinski definition) is 1. The quantitative estimate of drug-likeness (QED) is 0.891. The minimum absolute atomic E-state index is 0.0125. The summed E-state index contributed by atoms with van der Waals surface area (Å²) in [6.07, 6.45) is -0.0125. The molecule has 0 aliphatic carbocycles. The zero-order chi connectivity index (χ0) is 11.0. The van der Waals surface area contributed by atoms with Crippen LogP contribution in [0.1, 0.15) is 5.56 Å². The van der Waals surface area contributed by atoms with Gasteiger partial charge in [0.2, 0.25) is 0 Å². The summed E-state index contributed by atoms with van der Waals surface area (Å²) in [5.74, 6) is -0.860. The predicted molar refractivity (Wildman–Crippen MR) is 63.2 cm³/mol. The van der Waals surface area contributed by atoms with Gasteiger partial charge in [-0.25, -0.2) is 0 Å². The van der Waals surface area contributed by atoms with Crippen molar-refractivity contribution in [3.63, 3.8) is 0 Å². The van der Waals surface area contributed by atoms with E-state index in [2.05, 4.69) is 0 Å². The third-order valence-electron chi connectivity index (χ3n) is 2.01. The average molecular weight is 261 g/mol. The predicted octanol–water partition coefficient (Wildman–Crippen LogP) is 3.84. The van der Waals surface area contributed by atoms with Crippen molar-refractivity contribution in [1.29, 1.82) is 0 Å². The van der Waals surface area contributed by atoms with E-state index in [4.69, 9.17) is 28.3 Å². The molecule has 1 N–H and O–H groups in total. The van der Waals surface area contributed by atoms with Crippen LogP contribution in [0.3, 0.4) is 0 Å². The van der Waals surface area contributed by atoms with Crippen LogP contribution in [0, 0.1) is 0 Å². The van der Waals surface area contributed by atoms with Crippen molar-refractivity contribution < 1.29 is 9.90 Å². The fourth-order valence-electron chi connectivity index (χ4n) is 1.44. The van der Waals surface area contributed by atoms with Crippen LogP contribution in [0.25, 0.3) is 10.1 Å². The Kier molecular flexibility index (Phi) is 2.87. The standard InChI is InChI=1S/C10H6Cl2O2S/c11-6-2-7(12)10-5(1-9(13)14)4-15-8(10)3-6/h2-4H,1H2,(H,13,14). The number of aliphatic carboxylic acids is 1. The van der Waals surface area contributed by atoms with Crippen LogP contribution in [-0.4, -0.2) is 11.1 Å². The normalized spacial score (nSPS) is 10.8. The maximum absolute atomic E-state index is 10.6. The van der Waals surface area contributed by atoms with Crippen LogP contribution in [0.4, 0.5) is 0 Å². The molecule has 5 heteroatoms. The second-order valence-corrected chi connectivity index (χ2v) is 4.85. The van der Waals surface area contributed by atoms with Gasteiger partial charge in [-0.2, -0.15) is 0 Å². The van der Waals surface area contributed by atoms with E-state index in [1.165, 1.54) is 11.3 Å². The van der Waals surface area contributed by atoms with Crippen LogP contribution in [0.15, 0.2) is 17.5 Å². The molecule has 0 amide bonds. The summed E-state index contributed by atoms with van der Waals surface area (Å²) in [4.78, 5) is 10.6. The van der Waals surface area contributed by atoms with Gasteiger partial charge in [0.25, 0.3) is 0 Å². The lowest BCUT2D eigenvalue weighted by Gasteiger charge is -1.99. The van der Waals surface area contributed by atoms with Crippen LogP contribution in [0.5, 0.6) is 0 Å². The first-order valence-corrected chi connectivity index (χ1v) is 5.78. The summed E-state index contributed by atoms with van der Waals surface area (Å²) in [6, 6.07) is 3.42. The third-order valence-corrected chi connectivity index (χ3v) is 3.50. The van der Waals surface area contributed by atoms with E-state index in [0.29, 0.717) is 10.0 Å². The monoisotopic (exact) mass is 260 g/mol. The van der Waals surface area contributed by atoms with Crippen molar-refractivity contribution in [2.24, 2.45) is 0 Å². The first-order chi connectivity index (χ1) is 7.08. The molecule has 0 bridgehead atoms. The number of fused-ring (bicyclic) bond motifs is 1. The second kappa shape index (κ2) is 4.00. The molecule has 0 fully saturated rings. The summed E-state index contributed by atoms with van der Waals surface area (Å²) in [6.45, 7) is 0. The highest BCUT2D eigenvalue weighted by molar-refractivity contribution is 7.17. The number of benzene rings is 1. The van der Waals surface area contributed by atoms with E-state index in [1.54, 1.807) is 17.5 Å². The molecule has 1 heterocycles. The van der Waals surface area contributed by atoms with E-state index < -0.39 is 5.97 Å². The molecular formula is C10H6Cl2O2S. The van der Waals surface area contributed by atoms with Crippen LogP contribution in [-0.2, 0) is 11.2 Å². The first-order valence-electron chi connectivity index (χ1n) is 4.15. The van der Waals surface area contributed by atoms with Crippen LogP contribution >= 0.6 is 34.5 Å². The number of carboxylic acids is 1. The molecule has 15 heavy (non-hydrogen) atoms. The zero-order valence-corrected chi connectivity index (χ0v) is 9.79. The minimum atomic E-state index is -0.860. The van der Waals surface area contributed by atoms with Gasteiger partial charge in [-0.15, -0.1) is 11.3 Å². The molecule has 0 saturated heterocycles. The SMILES string of the molecule is O=C(O)Cc1csc2cc(Cl)cc(Cl)c12. The summed E-state index contributed by atoms with van der Waals surface area (Å²) in [7, 11) is 0. The van der Waals surface area contributed by atoms with Crippen molar-refractivity contribution >= 4 is 50.6 Å². The molecular weight excluding hydrogens is 255 g/mol. The van der Waals surface area contributed by atoms with Crippen LogP contribution < -0.4 is 0 Å². The maximum Gasteiger partial charge on any atom is 0.307 e. The third kappa shape index (κ3) is 2.09. The number of hydrogen-bond acceptors (Lipinski definition) is 2. The lowest BCUT2D eigenvalue weighted by atomic mass is 10.1. The smallest absolute Gasteiger partial charge is 0.307 e. The number of carboxylic acid groups (broad SMARTS) is 1. The summed E-state index contributed by atoms with van der Waals surface area (Å²) in [5, 5.41) is 12.4. The van der Waals surface area contributed by atoms with Crippen molar-refractivity contribution in [3.05, 3.63) is 33.1 Å². The Morgan fingerprint density at radius 1 is 1.40 bits per heavy atom. The Morgan fingerprint density at radius 3 is 2.80 bits per heavy atom. The van der Waals surface area contributed by atoms with Crippen molar-refractivity contribution in [2.45, 2.75) is 6.42 Å². The Morgan fingerprint density at radius 2 is 2.13 bits per heavy atom. The number of thiophene rings is 1. The van der Waals surface area contributed by atoms with Gasteiger partial charge in [-0.3, -0.25) is 4.79 Å². The van der Waals surface area contributed by atoms with Gasteiger partial charge < -0.3 is 5.11 Å². The molecule has 0 aliphatic rings. The lowest BCUT2D eigenvalue weighted by Crippen LogP contribution is -1.98. The van der Waals surface area contributed by atoms with Gasteiger partial charge in [0.05, 0.1) is 11.4 Å². The molecule has 2 rings (SSSR count). The van der Waals surface area contributed by atoms with E-state index in [0.717, 1.165) is 15.6 Å². The summed E-state index contributed by atoms with van der Waals surface area (Å²) < 4.78 is 0.920. The molecule has 1 aromatic carbocycles. The molecule has 2 aromatic rings. The lowest BCUT2D eigenvalue weighted by molar-refractivity contribution is -0.136. The van der Waals surface area contributed by atoms with Gasteiger partial charge in [0.1, 0.15) is 0 Å². The molecule has 0 spiro atoms. The number of carbonyl (C=O) groups is 1. The van der Waals surface area contributed by atoms with Gasteiger partial charge in [-0.05, 0) is 23.1 Å². The molecule has 78 valence electrons. The largest absolute Gasteiger partial charge is 0.481 e. The molecule has 0 saturated carbocycles. The molecule has 2 nitrogen and oxygen atoms in total. The van der Waals surface area contributed by atoms with E-state index >= 15 is 0 Å². The average Bonchev–Trinajstić information content (AvgIpc) is 2.46. The topological polar surface area (TPSA) is 37.3 Å². The fourth-order valence-corrected chi connectivity index (χ4v) is 3.20. The molecule has 1 aromatic heterocycles. The Balaban J connectivity index is 2.63. The Labute approximate surface area is 100 Å². The number of halogens is 2. The minimum Gasteiger partial charge on any atom is -0.481 e. The van der Waals surface area contributed by atoms with E-state index in [-0.39, 0.29) is 6.42 Å². The van der Waals surface area contributed by atoms with E-state index in [9.17, 15) is 4.79 Å². The summed E-state index contributed by atoms with van der Waals surface area (Å²) >= 11 is 13.3. The van der Waals surface area contributed by atoms with E-state index in [1.807, 2.05) is 0 Å². The van der Waals surface area contributed by atoms with Crippen molar-refractivity contribution in [2.75, 3.05) is 0 Å². The molecule has 0 unspecified atom stereocenters. The maximum atomic E-state index is 10.6.